The lowest BCUT2D eigenvalue weighted by atomic mass is 10.1. The van der Waals surface area contributed by atoms with Crippen LogP contribution in [0.1, 0.15) is 37.9 Å². The van der Waals surface area contributed by atoms with E-state index in [9.17, 15) is 14.4 Å². The van der Waals surface area contributed by atoms with Crippen molar-refractivity contribution < 1.29 is 19.1 Å². The van der Waals surface area contributed by atoms with Gasteiger partial charge in [0.25, 0.3) is 5.91 Å². The molecule has 0 heterocycles. The first kappa shape index (κ1) is 23.4. The van der Waals surface area contributed by atoms with Gasteiger partial charge < -0.3 is 15.4 Å². The van der Waals surface area contributed by atoms with E-state index in [1.807, 2.05) is 6.07 Å². The molecule has 0 unspecified atom stereocenters. The van der Waals surface area contributed by atoms with Gasteiger partial charge in [0.05, 0.1) is 6.04 Å². The molecule has 0 aliphatic heterocycles. The van der Waals surface area contributed by atoms with Gasteiger partial charge in [0.15, 0.2) is 6.10 Å². The van der Waals surface area contributed by atoms with Gasteiger partial charge in [-0.1, -0.05) is 59.6 Å². The van der Waals surface area contributed by atoms with E-state index in [2.05, 4.69) is 10.6 Å². The number of carbonyl (C=O) groups excluding carboxylic acids is 3. The molecule has 0 aliphatic carbocycles. The molecule has 0 saturated heterocycles. The fraction of sp³-hybridized carbons (Fsp3) is 0.227. The van der Waals surface area contributed by atoms with Crippen LogP contribution in [0.3, 0.4) is 0 Å². The number of amides is 2. The molecule has 158 valence electrons. The van der Waals surface area contributed by atoms with Gasteiger partial charge in [0, 0.05) is 17.0 Å². The number of hydrogen-bond acceptors (Lipinski definition) is 4. The second-order valence-electron chi connectivity index (χ2n) is 6.59. The van der Waals surface area contributed by atoms with E-state index in [4.69, 9.17) is 27.9 Å². The molecule has 0 aliphatic rings. The SMILES string of the molecule is CC(=O)N/C(=C\c1ccccc1)C(=O)O[C@@H](C)C(=O)N[C@@H](C)c1ccc(Cl)cc1Cl. The van der Waals surface area contributed by atoms with Crippen molar-refractivity contribution in [2.24, 2.45) is 0 Å². The van der Waals surface area contributed by atoms with Gasteiger partial charge in [-0.3, -0.25) is 9.59 Å². The topological polar surface area (TPSA) is 84.5 Å². The summed E-state index contributed by atoms with van der Waals surface area (Å²) in [6.07, 6.45) is 0.378. The highest BCUT2D eigenvalue weighted by molar-refractivity contribution is 6.35. The number of nitrogens with one attached hydrogen (secondary N) is 2. The Kier molecular flexibility index (Phi) is 8.45. The lowest BCUT2D eigenvalue weighted by Gasteiger charge is -2.20. The van der Waals surface area contributed by atoms with Gasteiger partial charge in [-0.2, -0.15) is 0 Å². The Bertz CT molecular complexity index is 961. The molecule has 0 spiro atoms. The monoisotopic (exact) mass is 448 g/mol. The summed E-state index contributed by atoms with van der Waals surface area (Å²) in [6, 6.07) is 13.5. The third-order valence-corrected chi connectivity index (χ3v) is 4.64. The number of ether oxygens (including phenoxy) is 1. The fourth-order valence-electron chi connectivity index (χ4n) is 2.59. The van der Waals surface area contributed by atoms with Crippen molar-refractivity contribution in [3.05, 3.63) is 75.4 Å². The summed E-state index contributed by atoms with van der Waals surface area (Å²) in [4.78, 5) is 36.5. The third-order valence-electron chi connectivity index (χ3n) is 4.08. The molecule has 2 amide bonds. The van der Waals surface area contributed by atoms with Crippen LogP contribution in [0.4, 0.5) is 0 Å². The summed E-state index contributed by atoms with van der Waals surface area (Å²) in [6.45, 7) is 4.47. The van der Waals surface area contributed by atoms with Crippen molar-refractivity contribution in [3.63, 3.8) is 0 Å². The standard InChI is InChI=1S/C22H22Cl2N2O4/c1-13(18-10-9-17(23)12-19(18)24)25-21(28)14(2)30-22(29)20(26-15(3)27)11-16-7-5-4-6-8-16/h4-14H,1-3H3,(H,25,28)(H,26,27)/b20-11-/t13-,14-/m0/s1. The van der Waals surface area contributed by atoms with Crippen molar-refractivity contribution in [3.8, 4) is 0 Å². The minimum absolute atomic E-state index is 0.0675. The highest BCUT2D eigenvalue weighted by atomic mass is 35.5. The lowest BCUT2D eigenvalue weighted by molar-refractivity contribution is -0.152. The average molecular weight is 449 g/mol. The molecule has 30 heavy (non-hydrogen) atoms. The van der Waals surface area contributed by atoms with Crippen molar-refractivity contribution in [1.29, 1.82) is 0 Å². The van der Waals surface area contributed by atoms with Crippen molar-refractivity contribution in [2.45, 2.75) is 32.9 Å². The summed E-state index contributed by atoms with van der Waals surface area (Å²) >= 11 is 12.1. The minimum Gasteiger partial charge on any atom is -0.448 e. The van der Waals surface area contributed by atoms with Crippen LogP contribution in [0.2, 0.25) is 10.0 Å². The predicted molar refractivity (Wildman–Crippen MR) is 117 cm³/mol. The molecule has 0 bridgehead atoms. The second kappa shape index (κ2) is 10.8. The van der Waals surface area contributed by atoms with Gasteiger partial charge in [0.1, 0.15) is 5.70 Å². The van der Waals surface area contributed by atoms with Crippen LogP contribution in [0.25, 0.3) is 6.08 Å². The first-order chi connectivity index (χ1) is 14.2. The van der Waals surface area contributed by atoms with Gasteiger partial charge in [0.2, 0.25) is 5.91 Å². The van der Waals surface area contributed by atoms with Gasteiger partial charge in [-0.25, -0.2) is 4.79 Å². The zero-order valence-electron chi connectivity index (χ0n) is 16.7. The zero-order valence-corrected chi connectivity index (χ0v) is 18.3. The Morgan fingerprint density at radius 2 is 1.70 bits per heavy atom. The number of hydrogen-bond donors (Lipinski definition) is 2. The Balaban J connectivity index is 2.07. The molecule has 0 aromatic heterocycles. The minimum atomic E-state index is -1.10. The number of carbonyl (C=O) groups is 3. The molecule has 6 nitrogen and oxygen atoms in total. The first-order valence-corrected chi connectivity index (χ1v) is 9.93. The van der Waals surface area contributed by atoms with E-state index in [1.54, 1.807) is 49.4 Å². The smallest absolute Gasteiger partial charge is 0.355 e. The maximum atomic E-state index is 12.5. The number of halogens is 2. The van der Waals surface area contributed by atoms with Crippen molar-refractivity contribution in [2.75, 3.05) is 0 Å². The molecule has 2 aromatic carbocycles. The van der Waals surface area contributed by atoms with Crippen LogP contribution in [-0.2, 0) is 19.1 Å². The van der Waals surface area contributed by atoms with Crippen molar-refractivity contribution >= 4 is 47.1 Å². The Morgan fingerprint density at radius 1 is 1.03 bits per heavy atom. The van der Waals surface area contributed by atoms with E-state index < -0.39 is 29.9 Å². The second-order valence-corrected chi connectivity index (χ2v) is 7.44. The van der Waals surface area contributed by atoms with Crippen LogP contribution in [0.5, 0.6) is 0 Å². The van der Waals surface area contributed by atoms with Crippen LogP contribution in [-0.4, -0.2) is 23.9 Å². The summed E-state index contributed by atoms with van der Waals surface area (Å²) in [5, 5.41) is 6.08. The van der Waals surface area contributed by atoms with E-state index in [0.717, 1.165) is 0 Å². The number of rotatable bonds is 7. The van der Waals surface area contributed by atoms with Gasteiger partial charge >= 0.3 is 5.97 Å². The molecule has 2 rings (SSSR count). The van der Waals surface area contributed by atoms with E-state index in [1.165, 1.54) is 19.9 Å². The average Bonchev–Trinajstić information content (AvgIpc) is 2.67. The number of esters is 1. The molecule has 0 fully saturated rings. The summed E-state index contributed by atoms with van der Waals surface area (Å²) in [7, 11) is 0. The van der Waals surface area contributed by atoms with Crippen LogP contribution in [0.15, 0.2) is 54.2 Å². The van der Waals surface area contributed by atoms with Gasteiger partial charge in [-0.05, 0) is 43.2 Å². The molecule has 2 atom stereocenters. The molecule has 8 heteroatoms. The number of benzene rings is 2. The summed E-state index contributed by atoms with van der Waals surface area (Å²) < 4.78 is 5.25. The predicted octanol–water partition coefficient (Wildman–Crippen LogP) is 4.28. The van der Waals surface area contributed by atoms with E-state index >= 15 is 0 Å². The molecule has 0 radical (unpaired) electrons. The zero-order chi connectivity index (χ0) is 22.3. The lowest BCUT2D eigenvalue weighted by Crippen LogP contribution is -2.38. The Labute approximate surface area is 185 Å². The normalized spacial score (nSPS) is 13.2. The Hall–Kier alpha value is -2.83. The summed E-state index contributed by atoms with van der Waals surface area (Å²) in [5.41, 5.74) is 1.30. The van der Waals surface area contributed by atoms with Crippen molar-refractivity contribution in [1.82, 2.24) is 10.6 Å². The maximum Gasteiger partial charge on any atom is 0.355 e. The largest absolute Gasteiger partial charge is 0.448 e. The third kappa shape index (κ3) is 6.90. The molecule has 0 saturated carbocycles. The molecular formula is C22H22Cl2N2O4. The van der Waals surface area contributed by atoms with E-state index in [-0.39, 0.29) is 5.70 Å². The van der Waals surface area contributed by atoms with Crippen LogP contribution >= 0.6 is 23.2 Å². The van der Waals surface area contributed by atoms with Crippen LogP contribution in [0, 0.1) is 0 Å². The summed E-state index contributed by atoms with van der Waals surface area (Å²) in [5.74, 6) is -1.77. The van der Waals surface area contributed by atoms with Gasteiger partial charge in [-0.15, -0.1) is 0 Å². The van der Waals surface area contributed by atoms with E-state index in [0.29, 0.717) is 21.2 Å². The molecule has 2 N–H and O–H groups in total. The highest BCUT2D eigenvalue weighted by Crippen LogP contribution is 2.26. The molecule has 2 aromatic rings. The fourth-order valence-corrected chi connectivity index (χ4v) is 3.16. The van der Waals surface area contributed by atoms with Crippen LogP contribution < -0.4 is 10.6 Å². The highest BCUT2D eigenvalue weighted by Gasteiger charge is 2.23. The first-order valence-electron chi connectivity index (χ1n) is 9.18. The Morgan fingerprint density at radius 3 is 2.30 bits per heavy atom. The quantitative estimate of drug-likeness (QED) is 0.488. The maximum absolute atomic E-state index is 12.5. The molecular weight excluding hydrogens is 427 g/mol.